The summed E-state index contributed by atoms with van der Waals surface area (Å²) in [5.74, 6) is 0. The van der Waals surface area contributed by atoms with Gasteiger partial charge < -0.3 is 20.1 Å². The van der Waals surface area contributed by atoms with Gasteiger partial charge in [-0.1, -0.05) is 24.3 Å². The van der Waals surface area contributed by atoms with Crippen molar-refractivity contribution in [2.75, 3.05) is 36.5 Å². The number of anilines is 2. The van der Waals surface area contributed by atoms with E-state index in [4.69, 9.17) is 9.84 Å². The Labute approximate surface area is 131 Å². The molecule has 0 radical (unpaired) electrons. The van der Waals surface area contributed by atoms with Crippen molar-refractivity contribution in [1.29, 1.82) is 0 Å². The highest BCUT2D eigenvalue weighted by molar-refractivity contribution is 5.55. The average molecular weight is 298 g/mol. The van der Waals surface area contributed by atoms with Crippen LogP contribution < -0.4 is 10.2 Å². The summed E-state index contributed by atoms with van der Waals surface area (Å²) in [6.45, 7) is 4.37. The zero-order valence-corrected chi connectivity index (χ0v) is 12.7. The van der Waals surface area contributed by atoms with Gasteiger partial charge in [0.15, 0.2) is 0 Å². The second-order valence-corrected chi connectivity index (χ2v) is 5.48. The van der Waals surface area contributed by atoms with Gasteiger partial charge in [-0.25, -0.2) is 0 Å². The van der Waals surface area contributed by atoms with Crippen molar-refractivity contribution < 1.29 is 9.84 Å². The molecule has 0 spiro atoms. The lowest BCUT2D eigenvalue weighted by Gasteiger charge is -2.28. The lowest BCUT2D eigenvalue weighted by atomic mass is 10.1. The van der Waals surface area contributed by atoms with Gasteiger partial charge in [-0.2, -0.15) is 0 Å². The second kappa shape index (κ2) is 7.29. The molecule has 0 unspecified atom stereocenters. The highest BCUT2D eigenvalue weighted by atomic mass is 16.5. The van der Waals surface area contributed by atoms with E-state index in [0.717, 1.165) is 44.1 Å². The number of ether oxygens (including phenoxy) is 1. The minimum absolute atomic E-state index is 0.0854. The van der Waals surface area contributed by atoms with Gasteiger partial charge in [0.05, 0.1) is 19.8 Å². The summed E-state index contributed by atoms with van der Waals surface area (Å²) < 4.78 is 5.38. The first kappa shape index (κ1) is 14.9. The summed E-state index contributed by atoms with van der Waals surface area (Å²) >= 11 is 0. The van der Waals surface area contributed by atoms with Crippen LogP contribution in [0.2, 0.25) is 0 Å². The molecule has 4 nitrogen and oxygen atoms in total. The van der Waals surface area contributed by atoms with Gasteiger partial charge in [0.2, 0.25) is 0 Å². The number of morpholine rings is 1. The number of hydrogen-bond acceptors (Lipinski definition) is 4. The third-order valence-corrected chi connectivity index (χ3v) is 3.91. The summed E-state index contributed by atoms with van der Waals surface area (Å²) in [4.78, 5) is 2.35. The number of hydrogen-bond donors (Lipinski definition) is 2. The molecule has 0 aliphatic carbocycles. The minimum atomic E-state index is 0.0854. The van der Waals surface area contributed by atoms with E-state index in [1.54, 1.807) is 0 Å². The molecule has 1 aliphatic heterocycles. The monoisotopic (exact) mass is 298 g/mol. The molecule has 2 aromatic carbocycles. The van der Waals surface area contributed by atoms with Crippen LogP contribution >= 0.6 is 0 Å². The number of aliphatic hydroxyl groups is 1. The Hall–Kier alpha value is -2.04. The smallest absolute Gasteiger partial charge is 0.0681 e. The van der Waals surface area contributed by atoms with E-state index in [2.05, 4.69) is 40.5 Å². The standard InChI is InChI=1S/C18H22N2O2/c21-14-16-3-1-2-15(12-16)13-19-17-4-6-18(7-5-17)20-8-10-22-11-9-20/h1-7,12,19,21H,8-11,13-14H2. The normalized spacial score (nSPS) is 14.9. The fourth-order valence-electron chi connectivity index (χ4n) is 2.65. The van der Waals surface area contributed by atoms with Crippen LogP contribution in [0.25, 0.3) is 0 Å². The topological polar surface area (TPSA) is 44.7 Å². The maximum Gasteiger partial charge on any atom is 0.0681 e. The van der Waals surface area contributed by atoms with Gasteiger partial charge in [0.25, 0.3) is 0 Å². The third-order valence-electron chi connectivity index (χ3n) is 3.91. The summed E-state index contributed by atoms with van der Waals surface area (Å²) in [6.07, 6.45) is 0. The molecular weight excluding hydrogens is 276 g/mol. The molecule has 1 saturated heterocycles. The highest BCUT2D eigenvalue weighted by Crippen LogP contribution is 2.19. The first-order valence-electron chi connectivity index (χ1n) is 7.70. The van der Waals surface area contributed by atoms with E-state index in [1.165, 1.54) is 11.3 Å². The van der Waals surface area contributed by atoms with E-state index in [-0.39, 0.29) is 6.61 Å². The summed E-state index contributed by atoms with van der Waals surface area (Å²) in [5, 5.41) is 12.6. The van der Waals surface area contributed by atoms with Crippen molar-refractivity contribution in [3.63, 3.8) is 0 Å². The van der Waals surface area contributed by atoms with Crippen molar-refractivity contribution in [3.05, 3.63) is 59.7 Å². The number of nitrogens with one attached hydrogen (secondary N) is 1. The van der Waals surface area contributed by atoms with Crippen LogP contribution in [0.3, 0.4) is 0 Å². The maximum atomic E-state index is 9.17. The Morgan fingerprint density at radius 2 is 1.73 bits per heavy atom. The van der Waals surface area contributed by atoms with Crippen LogP contribution in [-0.4, -0.2) is 31.4 Å². The average Bonchev–Trinajstić information content (AvgIpc) is 2.61. The molecule has 3 rings (SSSR count). The van der Waals surface area contributed by atoms with Crippen molar-refractivity contribution in [3.8, 4) is 0 Å². The highest BCUT2D eigenvalue weighted by Gasteiger charge is 2.10. The van der Waals surface area contributed by atoms with E-state index < -0.39 is 0 Å². The zero-order chi connectivity index (χ0) is 15.2. The van der Waals surface area contributed by atoms with E-state index in [1.807, 2.05) is 18.2 Å². The molecule has 0 amide bonds. The van der Waals surface area contributed by atoms with Crippen LogP contribution in [0.15, 0.2) is 48.5 Å². The van der Waals surface area contributed by atoms with Crippen LogP contribution in [-0.2, 0) is 17.9 Å². The quantitative estimate of drug-likeness (QED) is 0.891. The van der Waals surface area contributed by atoms with Gasteiger partial charge in [0.1, 0.15) is 0 Å². The van der Waals surface area contributed by atoms with Gasteiger partial charge in [-0.15, -0.1) is 0 Å². The molecular formula is C18H22N2O2. The van der Waals surface area contributed by atoms with Gasteiger partial charge in [-0.3, -0.25) is 0 Å². The fraction of sp³-hybridized carbons (Fsp3) is 0.333. The molecule has 22 heavy (non-hydrogen) atoms. The lowest BCUT2D eigenvalue weighted by Crippen LogP contribution is -2.36. The van der Waals surface area contributed by atoms with E-state index in [0.29, 0.717) is 0 Å². The van der Waals surface area contributed by atoms with Crippen molar-refractivity contribution >= 4 is 11.4 Å². The van der Waals surface area contributed by atoms with Gasteiger partial charge in [-0.05, 0) is 35.4 Å². The molecule has 0 saturated carbocycles. The predicted octanol–water partition coefficient (Wildman–Crippen LogP) is 2.63. The van der Waals surface area contributed by atoms with E-state index >= 15 is 0 Å². The van der Waals surface area contributed by atoms with Crippen LogP contribution in [0, 0.1) is 0 Å². The Morgan fingerprint density at radius 1 is 1.00 bits per heavy atom. The fourth-order valence-corrected chi connectivity index (χ4v) is 2.65. The van der Waals surface area contributed by atoms with Crippen LogP contribution in [0.5, 0.6) is 0 Å². The minimum Gasteiger partial charge on any atom is -0.392 e. The first-order chi connectivity index (χ1) is 10.8. The molecule has 0 atom stereocenters. The summed E-state index contributed by atoms with van der Waals surface area (Å²) in [7, 11) is 0. The van der Waals surface area contributed by atoms with Crippen LogP contribution in [0.1, 0.15) is 11.1 Å². The number of aliphatic hydroxyl groups excluding tert-OH is 1. The summed E-state index contributed by atoms with van der Waals surface area (Å²) in [6, 6.07) is 16.5. The first-order valence-corrected chi connectivity index (χ1v) is 7.70. The Kier molecular flexibility index (Phi) is 4.93. The van der Waals surface area contributed by atoms with E-state index in [9.17, 15) is 0 Å². The SMILES string of the molecule is OCc1cccc(CNc2ccc(N3CCOCC3)cc2)c1. The molecule has 1 fully saturated rings. The molecule has 2 aromatic rings. The van der Waals surface area contributed by atoms with Crippen molar-refractivity contribution in [1.82, 2.24) is 0 Å². The van der Waals surface area contributed by atoms with Crippen LogP contribution in [0.4, 0.5) is 11.4 Å². The maximum absolute atomic E-state index is 9.17. The molecule has 2 N–H and O–H groups in total. The largest absolute Gasteiger partial charge is 0.392 e. The zero-order valence-electron chi connectivity index (χ0n) is 12.7. The lowest BCUT2D eigenvalue weighted by molar-refractivity contribution is 0.122. The molecule has 4 heteroatoms. The van der Waals surface area contributed by atoms with Gasteiger partial charge >= 0.3 is 0 Å². The summed E-state index contributed by atoms with van der Waals surface area (Å²) in [5.41, 5.74) is 4.47. The molecule has 1 aliphatic rings. The molecule has 116 valence electrons. The number of benzene rings is 2. The molecule has 0 bridgehead atoms. The van der Waals surface area contributed by atoms with Crippen molar-refractivity contribution in [2.24, 2.45) is 0 Å². The third kappa shape index (κ3) is 3.78. The number of nitrogens with zero attached hydrogens (tertiary/aromatic N) is 1. The van der Waals surface area contributed by atoms with Gasteiger partial charge in [0, 0.05) is 31.0 Å². The Balaban J connectivity index is 1.58. The second-order valence-electron chi connectivity index (χ2n) is 5.48. The Morgan fingerprint density at radius 3 is 2.45 bits per heavy atom. The van der Waals surface area contributed by atoms with Crippen molar-refractivity contribution in [2.45, 2.75) is 13.2 Å². The number of rotatable bonds is 5. The molecule has 1 heterocycles. The predicted molar refractivity (Wildman–Crippen MR) is 89.2 cm³/mol. The molecule has 0 aromatic heterocycles. The Bertz CT molecular complexity index is 592.